The van der Waals surface area contributed by atoms with Gasteiger partial charge in [-0.25, -0.2) is 0 Å². The number of carbonyl (C=O) groups excluding carboxylic acids is 3. The van der Waals surface area contributed by atoms with E-state index >= 15 is 0 Å². The highest BCUT2D eigenvalue weighted by Gasteiger charge is 2.49. The fraction of sp³-hybridized carbons (Fsp3) is 0.550. The molecule has 1 unspecified atom stereocenters. The van der Waals surface area contributed by atoms with E-state index in [2.05, 4.69) is 5.32 Å². The lowest BCUT2D eigenvalue weighted by Crippen LogP contribution is -2.44. The van der Waals surface area contributed by atoms with Crippen LogP contribution in [0.5, 0.6) is 0 Å². The van der Waals surface area contributed by atoms with Crippen molar-refractivity contribution in [1.82, 2.24) is 10.2 Å². The number of amides is 3. The maximum Gasteiger partial charge on any atom is 0.240 e. The summed E-state index contributed by atoms with van der Waals surface area (Å²) >= 11 is 0. The summed E-state index contributed by atoms with van der Waals surface area (Å²) < 4.78 is 0. The molecular weight excluding hydrogens is 332 g/mol. The number of nitrogens with zero attached hydrogens (tertiary/aromatic N) is 1. The molecule has 142 valence electrons. The van der Waals surface area contributed by atoms with Gasteiger partial charge in [0.15, 0.2) is 0 Å². The quantitative estimate of drug-likeness (QED) is 0.690. The van der Waals surface area contributed by atoms with Crippen molar-refractivity contribution in [3.8, 4) is 0 Å². The fourth-order valence-corrected chi connectivity index (χ4v) is 3.29. The van der Waals surface area contributed by atoms with Crippen molar-refractivity contribution in [3.05, 3.63) is 35.9 Å². The normalized spacial score (nSPS) is 22.4. The van der Waals surface area contributed by atoms with Crippen LogP contribution >= 0.6 is 0 Å². The van der Waals surface area contributed by atoms with E-state index in [0.717, 1.165) is 12.0 Å². The standard InChI is InChI=1S/C20H28N2O4/c1-4-14(2)16(13-23)21-17(24)10-11-22-18(25)12-20(3,19(22)26)15-8-6-5-7-9-15/h5-9,14,16,23H,4,10-13H2,1-3H3,(H,21,24)/t14-,16-,20?/m1/s1. The van der Waals surface area contributed by atoms with Crippen molar-refractivity contribution in [2.45, 2.75) is 51.5 Å². The molecule has 0 radical (unpaired) electrons. The average molecular weight is 360 g/mol. The molecule has 0 saturated carbocycles. The Balaban J connectivity index is 1.99. The molecule has 1 aromatic carbocycles. The van der Waals surface area contributed by atoms with Crippen molar-refractivity contribution < 1.29 is 19.5 Å². The zero-order valence-electron chi connectivity index (χ0n) is 15.7. The molecule has 6 heteroatoms. The third-order valence-corrected chi connectivity index (χ3v) is 5.37. The molecule has 2 N–H and O–H groups in total. The van der Waals surface area contributed by atoms with E-state index in [1.165, 1.54) is 4.90 Å². The van der Waals surface area contributed by atoms with Gasteiger partial charge in [0.1, 0.15) is 0 Å². The van der Waals surface area contributed by atoms with Gasteiger partial charge >= 0.3 is 0 Å². The van der Waals surface area contributed by atoms with E-state index in [9.17, 15) is 19.5 Å². The van der Waals surface area contributed by atoms with Crippen molar-refractivity contribution in [2.75, 3.05) is 13.2 Å². The first-order chi connectivity index (χ1) is 12.3. The Labute approximate surface area is 154 Å². The zero-order chi connectivity index (χ0) is 19.3. The van der Waals surface area contributed by atoms with Gasteiger partial charge in [-0.2, -0.15) is 0 Å². The molecule has 1 saturated heterocycles. The first-order valence-corrected chi connectivity index (χ1v) is 9.14. The predicted octanol–water partition coefficient (Wildman–Crippen LogP) is 1.62. The van der Waals surface area contributed by atoms with Gasteiger partial charge in [0.2, 0.25) is 17.7 Å². The number of hydrogen-bond donors (Lipinski definition) is 2. The highest BCUT2D eigenvalue weighted by Crippen LogP contribution is 2.36. The summed E-state index contributed by atoms with van der Waals surface area (Å²) in [6, 6.07) is 8.94. The molecule has 2 rings (SSSR count). The Morgan fingerprint density at radius 2 is 1.96 bits per heavy atom. The van der Waals surface area contributed by atoms with Gasteiger partial charge in [-0.3, -0.25) is 19.3 Å². The third-order valence-electron chi connectivity index (χ3n) is 5.37. The zero-order valence-corrected chi connectivity index (χ0v) is 15.7. The fourth-order valence-electron chi connectivity index (χ4n) is 3.29. The largest absolute Gasteiger partial charge is 0.394 e. The third kappa shape index (κ3) is 4.12. The van der Waals surface area contributed by atoms with Gasteiger partial charge < -0.3 is 10.4 Å². The van der Waals surface area contributed by atoms with Crippen LogP contribution in [0.15, 0.2) is 30.3 Å². The summed E-state index contributed by atoms with van der Waals surface area (Å²) in [6.45, 7) is 5.65. The van der Waals surface area contributed by atoms with Gasteiger partial charge in [0.25, 0.3) is 0 Å². The number of hydrogen-bond acceptors (Lipinski definition) is 4. The number of nitrogens with one attached hydrogen (secondary N) is 1. The molecule has 1 heterocycles. The van der Waals surface area contributed by atoms with Gasteiger partial charge in [0.05, 0.1) is 18.1 Å². The van der Waals surface area contributed by atoms with Gasteiger partial charge in [-0.15, -0.1) is 0 Å². The maximum absolute atomic E-state index is 12.8. The maximum atomic E-state index is 12.8. The number of rotatable bonds is 8. The van der Waals surface area contributed by atoms with Crippen LogP contribution in [0.2, 0.25) is 0 Å². The minimum absolute atomic E-state index is 0.0370. The second kappa shape index (κ2) is 8.45. The molecule has 0 aromatic heterocycles. The first-order valence-electron chi connectivity index (χ1n) is 9.14. The Bertz CT molecular complexity index is 661. The van der Waals surface area contributed by atoms with Gasteiger partial charge in [-0.1, -0.05) is 50.6 Å². The Morgan fingerprint density at radius 1 is 1.31 bits per heavy atom. The molecule has 0 bridgehead atoms. The molecule has 1 fully saturated rings. The highest BCUT2D eigenvalue weighted by atomic mass is 16.3. The summed E-state index contributed by atoms with van der Waals surface area (Å²) in [6.07, 6.45) is 0.989. The van der Waals surface area contributed by atoms with Crippen LogP contribution in [-0.4, -0.2) is 46.9 Å². The highest BCUT2D eigenvalue weighted by molar-refractivity contribution is 6.09. The van der Waals surface area contributed by atoms with Gasteiger partial charge in [0, 0.05) is 19.4 Å². The molecule has 1 aliphatic rings. The topological polar surface area (TPSA) is 86.7 Å². The molecule has 0 aliphatic carbocycles. The van der Waals surface area contributed by atoms with Crippen molar-refractivity contribution >= 4 is 17.7 Å². The summed E-state index contributed by atoms with van der Waals surface area (Å²) in [5, 5.41) is 12.2. The van der Waals surface area contributed by atoms with Crippen LogP contribution in [0.25, 0.3) is 0 Å². The average Bonchev–Trinajstić information content (AvgIpc) is 2.87. The molecule has 0 spiro atoms. The summed E-state index contributed by atoms with van der Waals surface area (Å²) in [5.41, 5.74) is -0.0680. The first kappa shape index (κ1) is 20.1. The number of aliphatic hydroxyl groups is 1. The molecule has 26 heavy (non-hydrogen) atoms. The van der Waals surface area contributed by atoms with E-state index in [1.54, 1.807) is 6.92 Å². The van der Waals surface area contributed by atoms with E-state index in [4.69, 9.17) is 0 Å². The van der Waals surface area contributed by atoms with Crippen molar-refractivity contribution in [3.63, 3.8) is 0 Å². The lowest BCUT2D eigenvalue weighted by molar-refractivity contribution is -0.140. The van der Waals surface area contributed by atoms with Gasteiger partial charge in [-0.05, 0) is 18.4 Å². The second-order valence-electron chi connectivity index (χ2n) is 7.22. The summed E-state index contributed by atoms with van der Waals surface area (Å²) in [5.74, 6) is -0.629. The number of carbonyl (C=O) groups is 3. The monoisotopic (exact) mass is 360 g/mol. The SMILES string of the molecule is CC[C@@H](C)[C@@H](CO)NC(=O)CCN1C(=O)CC(C)(c2ccccc2)C1=O. The van der Waals surface area contributed by atoms with Crippen LogP contribution in [0.3, 0.4) is 0 Å². The second-order valence-corrected chi connectivity index (χ2v) is 7.22. The predicted molar refractivity (Wildman–Crippen MR) is 98.2 cm³/mol. The number of imide groups is 1. The van der Waals surface area contributed by atoms with E-state index < -0.39 is 5.41 Å². The number of aliphatic hydroxyl groups excluding tert-OH is 1. The molecular formula is C20H28N2O4. The van der Waals surface area contributed by atoms with Crippen LogP contribution < -0.4 is 5.32 Å². The Morgan fingerprint density at radius 3 is 2.54 bits per heavy atom. The lowest BCUT2D eigenvalue weighted by atomic mass is 9.81. The van der Waals surface area contributed by atoms with Crippen LogP contribution in [-0.2, 0) is 19.8 Å². The summed E-state index contributed by atoms with van der Waals surface area (Å²) in [4.78, 5) is 38.5. The Kier molecular flexibility index (Phi) is 6.53. The lowest BCUT2D eigenvalue weighted by Gasteiger charge is -2.24. The molecule has 6 nitrogen and oxygen atoms in total. The van der Waals surface area contributed by atoms with E-state index in [1.807, 2.05) is 44.2 Å². The Hall–Kier alpha value is -2.21. The summed E-state index contributed by atoms with van der Waals surface area (Å²) in [7, 11) is 0. The smallest absolute Gasteiger partial charge is 0.240 e. The van der Waals surface area contributed by atoms with Crippen LogP contribution in [0, 0.1) is 5.92 Å². The van der Waals surface area contributed by atoms with E-state index in [-0.39, 0.29) is 55.7 Å². The number of likely N-dealkylation sites (tertiary alicyclic amines) is 1. The molecule has 3 amide bonds. The molecule has 3 atom stereocenters. The minimum Gasteiger partial charge on any atom is -0.394 e. The van der Waals surface area contributed by atoms with Crippen molar-refractivity contribution in [2.24, 2.45) is 5.92 Å². The molecule has 1 aliphatic heterocycles. The number of benzene rings is 1. The molecule has 1 aromatic rings. The van der Waals surface area contributed by atoms with E-state index in [0.29, 0.717) is 0 Å². The van der Waals surface area contributed by atoms with Crippen molar-refractivity contribution in [1.29, 1.82) is 0 Å². The van der Waals surface area contributed by atoms with Crippen LogP contribution in [0.1, 0.15) is 45.6 Å². The van der Waals surface area contributed by atoms with Crippen LogP contribution in [0.4, 0.5) is 0 Å². The minimum atomic E-state index is -0.876.